The standard InChI is InChI=1S/C29H26Cl3F2N3O/c1-28(2,3)14-23-29(15-35,20-12-9-17(31)13-22(20)33)24(19-5-4-6-21(32)25(19)34)26(37-23)27(38)36-18-10-7-16(30)8-11-18/h4-13,23-24,26,37H,14H2,1-3H3,(H,36,38)/t23-,24-,26+,29-/m0/s1. The van der Waals surface area contributed by atoms with Gasteiger partial charge in [-0.2, -0.15) is 5.26 Å². The predicted molar refractivity (Wildman–Crippen MR) is 148 cm³/mol. The molecule has 1 aliphatic rings. The van der Waals surface area contributed by atoms with Gasteiger partial charge in [0.15, 0.2) is 0 Å². The Balaban J connectivity index is 1.96. The van der Waals surface area contributed by atoms with Gasteiger partial charge in [-0.15, -0.1) is 0 Å². The third-order valence-corrected chi connectivity index (χ3v) is 7.62. The number of carbonyl (C=O) groups is 1. The van der Waals surface area contributed by atoms with Crippen molar-refractivity contribution >= 4 is 46.4 Å². The van der Waals surface area contributed by atoms with Gasteiger partial charge in [0, 0.05) is 33.3 Å². The third kappa shape index (κ3) is 5.39. The van der Waals surface area contributed by atoms with E-state index in [-0.39, 0.29) is 26.6 Å². The van der Waals surface area contributed by atoms with Gasteiger partial charge >= 0.3 is 0 Å². The van der Waals surface area contributed by atoms with Gasteiger partial charge in [0.05, 0.1) is 17.1 Å². The molecule has 38 heavy (non-hydrogen) atoms. The molecule has 1 amide bonds. The van der Waals surface area contributed by atoms with E-state index < -0.39 is 41.0 Å². The summed E-state index contributed by atoms with van der Waals surface area (Å²) < 4.78 is 31.3. The molecule has 0 spiro atoms. The highest BCUT2D eigenvalue weighted by Gasteiger charge is 2.61. The molecule has 1 heterocycles. The van der Waals surface area contributed by atoms with E-state index >= 15 is 8.78 Å². The third-order valence-electron chi connectivity index (χ3n) is 6.84. The lowest BCUT2D eigenvalue weighted by Crippen LogP contribution is -2.45. The van der Waals surface area contributed by atoms with Crippen LogP contribution in [-0.2, 0) is 10.2 Å². The first-order chi connectivity index (χ1) is 17.9. The molecule has 198 valence electrons. The van der Waals surface area contributed by atoms with Gasteiger partial charge in [0.25, 0.3) is 0 Å². The number of amides is 1. The number of hydrogen-bond donors (Lipinski definition) is 2. The average Bonchev–Trinajstić information content (AvgIpc) is 3.15. The number of benzene rings is 3. The number of anilines is 1. The SMILES string of the molecule is CC(C)(C)C[C@@H]1N[C@@H](C(=O)Nc2ccc(Cl)cc2)[C@H](c2cccc(Cl)c2F)[C@@]1(C#N)c1ccc(Cl)cc1F. The van der Waals surface area contributed by atoms with Crippen molar-refractivity contribution in [3.63, 3.8) is 0 Å². The molecule has 3 aromatic carbocycles. The summed E-state index contributed by atoms with van der Waals surface area (Å²) in [6, 6.07) is 15.5. The minimum atomic E-state index is -1.69. The fourth-order valence-corrected chi connectivity index (χ4v) is 5.78. The molecule has 2 N–H and O–H groups in total. The van der Waals surface area contributed by atoms with E-state index in [9.17, 15) is 10.1 Å². The summed E-state index contributed by atoms with van der Waals surface area (Å²) in [5.74, 6) is -3.13. The molecule has 9 heteroatoms. The molecule has 0 saturated carbocycles. The van der Waals surface area contributed by atoms with Gasteiger partial charge < -0.3 is 10.6 Å². The quantitative estimate of drug-likeness (QED) is 0.325. The van der Waals surface area contributed by atoms with Crippen LogP contribution in [0.1, 0.15) is 44.2 Å². The Hall–Kier alpha value is -2.69. The summed E-state index contributed by atoms with van der Waals surface area (Å²) >= 11 is 18.2. The Morgan fingerprint density at radius 1 is 1.05 bits per heavy atom. The maximum absolute atomic E-state index is 15.7. The van der Waals surface area contributed by atoms with E-state index in [2.05, 4.69) is 16.7 Å². The van der Waals surface area contributed by atoms with E-state index in [1.807, 2.05) is 20.8 Å². The highest BCUT2D eigenvalue weighted by atomic mass is 35.5. The number of nitrogens with one attached hydrogen (secondary N) is 2. The smallest absolute Gasteiger partial charge is 0.242 e. The number of carbonyl (C=O) groups excluding carboxylic acids is 1. The first-order valence-corrected chi connectivity index (χ1v) is 13.1. The van der Waals surface area contributed by atoms with E-state index in [1.165, 1.54) is 24.3 Å². The van der Waals surface area contributed by atoms with Crippen molar-refractivity contribution < 1.29 is 13.6 Å². The second-order valence-corrected chi connectivity index (χ2v) is 12.0. The molecule has 1 saturated heterocycles. The molecular weight excluding hydrogens is 551 g/mol. The van der Waals surface area contributed by atoms with Crippen molar-refractivity contribution in [2.75, 3.05) is 5.32 Å². The number of nitrogens with zero attached hydrogens (tertiary/aromatic N) is 1. The van der Waals surface area contributed by atoms with Crippen LogP contribution in [0.15, 0.2) is 60.7 Å². The highest BCUT2D eigenvalue weighted by molar-refractivity contribution is 6.31. The van der Waals surface area contributed by atoms with Crippen LogP contribution >= 0.6 is 34.8 Å². The molecule has 0 aliphatic carbocycles. The zero-order valence-corrected chi connectivity index (χ0v) is 23.2. The van der Waals surface area contributed by atoms with Gasteiger partial charge in [0.1, 0.15) is 17.0 Å². The first-order valence-electron chi connectivity index (χ1n) is 12.0. The molecule has 4 rings (SSSR count). The molecule has 1 aliphatic heterocycles. The lowest BCUT2D eigenvalue weighted by molar-refractivity contribution is -0.118. The number of halogens is 5. The Labute approximate surface area is 235 Å². The Bertz CT molecular complexity index is 1400. The zero-order valence-electron chi connectivity index (χ0n) is 21.0. The molecule has 0 unspecified atom stereocenters. The fourth-order valence-electron chi connectivity index (χ4n) is 5.31. The van der Waals surface area contributed by atoms with Crippen molar-refractivity contribution in [2.24, 2.45) is 5.41 Å². The molecule has 4 atom stereocenters. The molecule has 4 nitrogen and oxygen atoms in total. The van der Waals surface area contributed by atoms with Gasteiger partial charge in [-0.3, -0.25) is 4.79 Å². The van der Waals surface area contributed by atoms with Crippen molar-refractivity contribution in [1.29, 1.82) is 5.26 Å². The van der Waals surface area contributed by atoms with E-state index in [4.69, 9.17) is 34.8 Å². The highest BCUT2D eigenvalue weighted by Crippen LogP contribution is 2.52. The molecule has 0 aromatic heterocycles. The summed E-state index contributed by atoms with van der Waals surface area (Å²) in [5.41, 5.74) is -1.49. The summed E-state index contributed by atoms with van der Waals surface area (Å²) in [7, 11) is 0. The van der Waals surface area contributed by atoms with Gasteiger partial charge in [-0.1, -0.05) is 73.8 Å². The van der Waals surface area contributed by atoms with Crippen LogP contribution in [0, 0.1) is 28.4 Å². The first kappa shape index (κ1) is 28.3. The van der Waals surface area contributed by atoms with Crippen molar-refractivity contribution in [3.05, 3.63) is 98.5 Å². The lowest BCUT2D eigenvalue weighted by Gasteiger charge is -2.37. The van der Waals surface area contributed by atoms with Gasteiger partial charge in [0.2, 0.25) is 5.91 Å². The van der Waals surface area contributed by atoms with Crippen LogP contribution < -0.4 is 10.6 Å². The van der Waals surface area contributed by atoms with Crippen LogP contribution in [0.3, 0.4) is 0 Å². The zero-order chi connectivity index (χ0) is 27.8. The number of rotatable bonds is 5. The monoisotopic (exact) mass is 575 g/mol. The summed E-state index contributed by atoms with van der Waals surface area (Å²) in [6.45, 7) is 5.93. The molecule has 3 aromatic rings. The van der Waals surface area contributed by atoms with Crippen LogP contribution in [0.5, 0.6) is 0 Å². The average molecular weight is 577 g/mol. The van der Waals surface area contributed by atoms with E-state index in [1.54, 1.807) is 30.3 Å². The van der Waals surface area contributed by atoms with Crippen LogP contribution in [-0.4, -0.2) is 18.0 Å². The minimum Gasteiger partial charge on any atom is -0.325 e. The number of hydrogen-bond acceptors (Lipinski definition) is 3. The fraction of sp³-hybridized carbons (Fsp3) is 0.310. The normalized spacial score (nSPS) is 23.2. The van der Waals surface area contributed by atoms with Crippen molar-refractivity contribution in [1.82, 2.24) is 5.32 Å². The van der Waals surface area contributed by atoms with Crippen molar-refractivity contribution in [3.8, 4) is 6.07 Å². The predicted octanol–water partition coefficient (Wildman–Crippen LogP) is 7.89. The topological polar surface area (TPSA) is 64.9 Å². The second kappa shape index (κ2) is 10.8. The maximum Gasteiger partial charge on any atom is 0.242 e. The molecule has 0 radical (unpaired) electrons. The molecule has 1 fully saturated rings. The largest absolute Gasteiger partial charge is 0.325 e. The van der Waals surface area contributed by atoms with E-state index in [0.29, 0.717) is 17.1 Å². The van der Waals surface area contributed by atoms with E-state index in [0.717, 1.165) is 6.07 Å². The van der Waals surface area contributed by atoms with Crippen molar-refractivity contribution in [2.45, 2.75) is 50.6 Å². The van der Waals surface area contributed by atoms with Gasteiger partial charge in [-0.25, -0.2) is 8.78 Å². The summed E-state index contributed by atoms with van der Waals surface area (Å²) in [4.78, 5) is 13.8. The Morgan fingerprint density at radius 3 is 2.32 bits per heavy atom. The second-order valence-electron chi connectivity index (χ2n) is 10.7. The Morgan fingerprint density at radius 2 is 1.71 bits per heavy atom. The lowest BCUT2D eigenvalue weighted by atomic mass is 9.62. The minimum absolute atomic E-state index is 0.0253. The molecular formula is C29H26Cl3F2N3O. The summed E-state index contributed by atoms with van der Waals surface area (Å²) in [5, 5.41) is 17.4. The van der Waals surface area contributed by atoms with Crippen LogP contribution in [0.4, 0.5) is 14.5 Å². The summed E-state index contributed by atoms with van der Waals surface area (Å²) in [6.07, 6.45) is 0.381. The van der Waals surface area contributed by atoms with Gasteiger partial charge in [-0.05, 0) is 59.9 Å². The van der Waals surface area contributed by atoms with Crippen LogP contribution in [0.25, 0.3) is 0 Å². The molecule has 0 bridgehead atoms. The Kier molecular flexibility index (Phi) is 8.07. The number of nitriles is 1. The maximum atomic E-state index is 15.7. The van der Waals surface area contributed by atoms with Crippen LogP contribution in [0.2, 0.25) is 15.1 Å².